The monoisotopic (exact) mass is 496 g/mol. The number of carbonyl (C=O) groups excluding carboxylic acids is 1. The van der Waals surface area contributed by atoms with Crippen LogP contribution in [0.2, 0.25) is 0 Å². The minimum atomic E-state index is -0.352. The summed E-state index contributed by atoms with van der Waals surface area (Å²) >= 11 is 3.29. The quantitative estimate of drug-likeness (QED) is 0.429. The Bertz CT molecular complexity index is 1230. The van der Waals surface area contributed by atoms with E-state index in [1.54, 1.807) is 22.7 Å². The third-order valence-electron chi connectivity index (χ3n) is 7.19. The van der Waals surface area contributed by atoms with Crippen molar-refractivity contribution in [3.05, 3.63) is 64.2 Å². The maximum absolute atomic E-state index is 14.5. The fourth-order valence-electron chi connectivity index (χ4n) is 5.25. The van der Waals surface area contributed by atoms with Crippen LogP contribution in [0.3, 0.4) is 0 Å². The lowest BCUT2D eigenvalue weighted by molar-refractivity contribution is 0.0246. The normalized spacial score (nSPS) is 19.9. The van der Waals surface area contributed by atoms with Crippen LogP contribution < -0.4 is 0 Å². The van der Waals surface area contributed by atoms with Gasteiger partial charge in [0.1, 0.15) is 11.5 Å². The van der Waals surface area contributed by atoms with Crippen molar-refractivity contribution in [2.24, 2.45) is 5.41 Å². The molecule has 1 unspecified atom stereocenters. The first kappa shape index (κ1) is 21.3. The number of hydrogen-bond donors (Lipinski definition) is 0. The van der Waals surface area contributed by atoms with Crippen LogP contribution in [0, 0.1) is 11.2 Å². The number of aryl methyl sites for hydroxylation is 1. The zero-order chi connectivity index (χ0) is 22.5. The zero-order valence-electron chi connectivity index (χ0n) is 18.3. The highest BCUT2D eigenvalue weighted by atomic mass is 79.9. The van der Waals surface area contributed by atoms with Crippen molar-refractivity contribution in [2.45, 2.75) is 52.0 Å². The van der Waals surface area contributed by atoms with Gasteiger partial charge in [-0.05, 0) is 68.7 Å². The highest BCUT2D eigenvalue weighted by Crippen LogP contribution is 2.46. The summed E-state index contributed by atoms with van der Waals surface area (Å²) in [6, 6.07) is 8.67. The van der Waals surface area contributed by atoms with E-state index in [-0.39, 0.29) is 23.2 Å². The van der Waals surface area contributed by atoms with E-state index in [4.69, 9.17) is 0 Å². The summed E-state index contributed by atoms with van der Waals surface area (Å²) in [7, 11) is 0. The fraction of sp³-hybridized carbons (Fsp3) is 0.400. The minimum absolute atomic E-state index is 0.0294. The molecule has 0 N–H and O–H groups in total. The third kappa shape index (κ3) is 3.47. The zero-order valence-corrected chi connectivity index (χ0v) is 19.9. The van der Waals surface area contributed by atoms with Gasteiger partial charge in [-0.15, -0.1) is 0 Å². The molecule has 166 valence electrons. The van der Waals surface area contributed by atoms with Gasteiger partial charge in [0.25, 0.3) is 5.91 Å². The second-order valence-electron chi connectivity index (χ2n) is 8.93. The molecule has 3 aromatic rings. The Hall–Kier alpha value is -2.54. The molecule has 1 aromatic carbocycles. The van der Waals surface area contributed by atoms with Crippen LogP contribution >= 0.6 is 15.9 Å². The van der Waals surface area contributed by atoms with Crippen molar-refractivity contribution in [2.75, 3.05) is 6.54 Å². The summed E-state index contributed by atoms with van der Waals surface area (Å²) in [6.07, 6.45) is 9.43. The second-order valence-corrected chi connectivity index (χ2v) is 9.85. The largest absolute Gasteiger partial charge is 0.334 e. The van der Waals surface area contributed by atoms with Crippen LogP contribution in [0.5, 0.6) is 0 Å². The van der Waals surface area contributed by atoms with Gasteiger partial charge in [-0.25, -0.2) is 13.9 Å². The van der Waals surface area contributed by atoms with E-state index < -0.39 is 0 Å². The lowest BCUT2D eigenvalue weighted by atomic mass is 9.72. The van der Waals surface area contributed by atoms with Crippen LogP contribution in [0.4, 0.5) is 4.39 Å². The Balaban J connectivity index is 1.52. The van der Waals surface area contributed by atoms with Gasteiger partial charge < -0.3 is 4.90 Å². The van der Waals surface area contributed by atoms with Crippen LogP contribution in [0.15, 0.2) is 47.0 Å². The maximum Gasteiger partial charge on any atom is 0.272 e. The minimum Gasteiger partial charge on any atom is -0.334 e. The number of amides is 1. The summed E-state index contributed by atoms with van der Waals surface area (Å²) in [4.78, 5) is 20.2. The molecule has 1 saturated heterocycles. The number of piperidine rings is 1. The molecule has 5 nitrogen and oxygen atoms in total. The van der Waals surface area contributed by atoms with Crippen LogP contribution in [0.1, 0.15) is 55.7 Å². The molecule has 1 fully saturated rings. The summed E-state index contributed by atoms with van der Waals surface area (Å²) < 4.78 is 16.9. The molecule has 0 bridgehead atoms. The molecule has 5 rings (SSSR count). The Morgan fingerprint density at radius 3 is 2.75 bits per heavy atom. The number of aromatic nitrogens is 3. The molecule has 1 amide bonds. The molecule has 32 heavy (non-hydrogen) atoms. The molecule has 2 aromatic heterocycles. The summed E-state index contributed by atoms with van der Waals surface area (Å²) in [6.45, 7) is 4.95. The van der Waals surface area contributed by atoms with Crippen molar-refractivity contribution >= 4 is 27.5 Å². The Kier molecular flexibility index (Phi) is 5.40. The molecule has 7 heteroatoms. The number of allylic oxidation sites excluding steroid dienone is 2. The van der Waals surface area contributed by atoms with E-state index in [1.165, 1.54) is 6.07 Å². The van der Waals surface area contributed by atoms with Gasteiger partial charge in [-0.2, -0.15) is 5.10 Å². The van der Waals surface area contributed by atoms with Gasteiger partial charge in [0.15, 0.2) is 5.65 Å². The predicted octanol–water partition coefficient (Wildman–Crippen LogP) is 5.82. The van der Waals surface area contributed by atoms with Crippen molar-refractivity contribution < 1.29 is 9.18 Å². The van der Waals surface area contributed by atoms with E-state index >= 15 is 0 Å². The number of hydrogen-bond acceptors (Lipinski definition) is 3. The predicted molar refractivity (Wildman–Crippen MR) is 126 cm³/mol. The molecule has 0 saturated carbocycles. The summed E-state index contributed by atoms with van der Waals surface area (Å²) in [5.74, 6) is -0.381. The number of nitrogens with zero attached hydrogens (tertiary/aromatic N) is 4. The molecule has 1 atom stereocenters. The highest BCUT2D eigenvalue weighted by molar-refractivity contribution is 9.10. The number of fused-ring (bicyclic) bond motifs is 1. The molecule has 1 aliphatic carbocycles. The highest BCUT2D eigenvalue weighted by Gasteiger charge is 2.44. The van der Waals surface area contributed by atoms with Crippen molar-refractivity contribution in [3.8, 4) is 11.3 Å². The SMILES string of the molecule is CCc1cc(C(=O)N2CCCC3(CC=CC3)C2C)nc2cc(-c3ccc(Br)cc3F)nn12. The van der Waals surface area contributed by atoms with Gasteiger partial charge in [-0.1, -0.05) is 35.0 Å². The Morgan fingerprint density at radius 1 is 1.25 bits per heavy atom. The van der Waals surface area contributed by atoms with Gasteiger partial charge in [0.2, 0.25) is 0 Å². The average molecular weight is 497 g/mol. The Labute approximate surface area is 195 Å². The van der Waals surface area contributed by atoms with Gasteiger partial charge >= 0.3 is 0 Å². The van der Waals surface area contributed by atoms with E-state index in [2.05, 4.69) is 45.1 Å². The van der Waals surface area contributed by atoms with Crippen molar-refractivity contribution in [3.63, 3.8) is 0 Å². The number of likely N-dealkylation sites (tertiary alicyclic amines) is 1. The maximum atomic E-state index is 14.5. The van der Waals surface area contributed by atoms with Crippen LogP contribution in [-0.2, 0) is 6.42 Å². The van der Waals surface area contributed by atoms with E-state index in [9.17, 15) is 9.18 Å². The van der Waals surface area contributed by atoms with E-state index in [0.29, 0.717) is 33.5 Å². The molecule has 2 aliphatic rings. The second kappa shape index (κ2) is 8.10. The molecule has 0 radical (unpaired) electrons. The first-order chi connectivity index (χ1) is 15.4. The number of carbonyl (C=O) groups is 1. The van der Waals surface area contributed by atoms with Gasteiger partial charge in [0, 0.05) is 34.4 Å². The summed E-state index contributed by atoms with van der Waals surface area (Å²) in [5, 5.41) is 4.60. The van der Waals surface area contributed by atoms with Crippen LogP contribution in [-0.4, -0.2) is 38.0 Å². The van der Waals surface area contributed by atoms with Gasteiger partial charge in [-0.3, -0.25) is 4.79 Å². The van der Waals surface area contributed by atoms with Crippen LogP contribution in [0.25, 0.3) is 16.9 Å². The Morgan fingerprint density at radius 2 is 2.03 bits per heavy atom. The molecular formula is C25H26BrFN4O. The average Bonchev–Trinajstić information content (AvgIpc) is 3.42. The standard InChI is InChI=1S/C25H26BrFN4O/c1-3-18-14-22(24(32)30-12-6-11-25(16(30)2)9-4-5-10-25)28-23-15-21(29-31(18)23)19-8-7-17(26)13-20(19)27/h4-5,7-8,13-16H,3,6,9-12H2,1-2H3. The molecule has 1 aliphatic heterocycles. The van der Waals surface area contributed by atoms with Gasteiger partial charge in [0.05, 0.1) is 5.69 Å². The van der Waals surface area contributed by atoms with Crippen molar-refractivity contribution in [1.29, 1.82) is 0 Å². The number of benzene rings is 1. The smallest absolute Gasteiger partial charge is 0.272 e. The van der Waals surface area contributed by atoms with E-state index in [0.717, 1.165) is 37.9 Å². The third-order valence-corrected chi connectivity index (χ3v) is 7.69. The fourth-order valence-corrected chi connectivity index (χ4v) is 5.58. The first-order valence-electron chi connectivity index (χ1n) is 11.2. The molecular weight excluding hydrogens is 471 g/mol. The summed E-state index contributed by atoms with van der Waals surface area (Å²) in [5.41, 5.74) is 2.95. The first-order valence-corrected chi connectivity index (χ1v) is 12.0. The lowest BCUT2D eigenvalue weighted by Crippen LogP contribution is -2.52. The topological polar surface area (TPSA) is 50.5 Å². The molecule has 1 spiro atoms. The molecule has 3 heterocycles. The van der Waals surface area contributed by atoms with Crippen molar-refractivity contribution in [1.82, 2.24) is 19.5 Å². The number of halogens is 2. The van der Waals surface area contributed by atoms with E-state index in [1.807, 2.05) is 17.9 Å². The number of rotatable bonds is 3. The lowest BCUT2D eigenvalue weighted by Gasteiger charge is -2.46.